The van der Waals surface area contributed by atoms with E-state index in [1.165, 1.54) is 11.9 Å². The van der Waals surface area contributed by atoms with Crippen LogP contribution in [-0.4, -0.2) is 65.8 Å². The molecule has 0 aromatic carbocycles. The zero-order valence-electron chi connectivity index (χ0n) is 10.5. The summed E-state index contributed by atoms with van der Waals surface area (Å²) in [6, 6.07) is -0.473. The standard InChI is InChI=1S/C10H19N3O5/c1-3-13(6-8(15)11-2)10(18)12-5-4-7(14)9(16)17/h7,14H,3-6H2,1-2H3,(H,11,15)(H,12,18)(H,16,17). The lowest BCUT2D eigenvalue weighted by atomic mass is 10.2. The van der Waals surface area contributed by atoms with Gasteiger partial charge in [0, 0.05) is 26.6 Å². The van der Waals surface area contributed by atoms with Crippen molar-refractivity contribution in [3.05, 3.63) is 0 Å². The molecule has 0 radical (unpaired) electrons. The van der Waals surface area contributed by atoms with Gasteiger partial charge in [0.15, 0.2) is 6.10 Å². The first kappa shape index (κ1) is 16.2. The van der Waals surface area contributed by atoms with E-state index in [0.29, 0.717) is 6.54 Å². The molecule has 0 bridgehead atoms. The largest absolute Gasteiger partial charge is 0.479 e. The summed E-state index contributed by atoms with van der Waals surface area (Å²) in [5.41, 5.74) is 0. The van der Waals surface area contributed by atoms with Crippen LogP contribution in [0.3, 0.4) is 0 Å². The second-order valence-corrected chi connectivity index (χ2v) is 3.56. The Bertz CT molecular complexity index is 308. The van der Waals surface area contributed by atoms with E-state index < -0.39 is 18.1 Å². The van der Waals surface area contributed by atoms with Crippen molar-refractivity contribution in [2.75, 3.05) is 26.7 Å². The number of amides is 3. The lowest BCUT2D eigenvalue weighted by molar-refractivity contribution is -0.146. The molecule has 0 aromatic heterocycles. The summed E-state index contributed by atoms with van der Waals surface area (Å²) < 4.78 is 0. The quantitative estimate of drug-likeness (QED) is 0.449. The minimum Gasteiger partial charge on any atom is -0.479 e. The minimum atomic E-state index is -1.50. The lowest BCUT2D eigenvalue weighted by Crippen LogP contribution is -2.45. The van der Waals surface area contributed by atoms with Crippen LogP contribution in [-0.2, 0) is 9.59 Å². The second kappa shape index (κ2) is 8.29. The van der Waals surface area contributed by atoms with Crippen molar-refractivity contribution in [2.24, 2.45) is 0 Å². The number of aliphatic hydroxyl groups excluding tert-OH is 1. The van der Waals surface area contributed by atoms with Crippen LogP contribution in [0.5, 0.6) is 0 Å². The summed E-state index contributed by atoms with van der Waals surface area (Å²) in [5.74, 6) is -1.63. The number of aliphatic hydroxyl groups is 1. The maximum Gasteiger partial charge on any atom is 0.332 e. The van der Waals surface area contributed by atoms with Crippen molar-refractivity contribution < 1.29 is 24.6 Å². The van der Waals surface area contributed by atoms with Gasteiger partial charge in [0.25, 0.3) is 0 Å². The number of nitrogens with one attached hydrogen (secondary N) is 2. The van der Waals surface area contributed by atoms with E-state index in [4.69, 9.17) is 10.2 Å². The molecule has 104 valence electrons. The third kappa shape index (κ3) is 6.04. The first-order valence-corrected chi connectivity index (χ1v) is 5.56. The molecule has 8 heteroatoms. The highest BCUT2D eigenvalue weighted by atomic mass is 16.4. The van der Waals surface area contributed by atoms with Gasteiger partial charge in [0.05, 0.1) is 0 Å². The topological polar surface area (TPSA) is 119 Å². The number of nitrogens with zero attached hydrogens (tertiary/aromatic N) is 1. The average Bonchev–Trinajstić information content (AvgIpc) is 2.34. The van der Waals surface area contributed by atoms with Crippen LogP contribution >= 0.6 is 0 Å². The van der Waals surface area contributed by atoms with Gasteiger partial charge in [-0.3, -0.25) is 4.79 Å². The van der Waals surface area contributed by atoms with E-state index >= 15 is 0 Å². The predicted octanol–water partition coefficient (Wildman–Crippen LogP) is -1.40. The molecule has 0 rings (SSSR count). The van der Waals surface area contributed by atoms with E-state index in [2.05, 4.69) is 10.6 Å². The minimum absolute atomic E-state index is 0.0243. The van der Waals surface area contributed by atoms with Crippen LogP contribution in [0, 0.1) is 0 Å². The Morgan fingerprint density at radius 2 is 1.94 bits per heavy atom. The summed E-state index contributed by atoms with van der Waals surface area (Å²) in [7, 11) is 1.47. The number of aliphatic carboxylic acids is 1. The summed E-state index contributed by atoms with van der Waals surface area (Å²) in [5, 5.41) is 22.2. The van der Waals surface area contributed by atoms with Gasteiger partial charge in [-0.15, -0.1) is 0 Å². The Labute approximate surface area is 105 Å². The SMILES string of the molecule is CCN(CC(=O)NC)C(=O)NCCC(O)C(=O)O. The number of urea groups is 1. The molecule has 4 N–H and O–H groups in total. The maximum absolute atomic E-state index is 11.6. The average molecular weight is 261 g/mol. The third-order valence-corrected chi connectivity index (χ3v) is 2.26. The van der Waals surface area contributed by atoms with Crippen molar-refractivity contribution in [1.29, 1.82) is 0 Å². The molecule has 0 saturated heterocycles. The predicted molar refractivity (Wildman–Crippen MR) is 63.0 cm³/mol. The molecule has 0 heterocycles. The third-order valence-electron chi connectivity index (χ3n) is 2.26. The van der Waals surface area contributed by atoms with Crippen molar-refractivity contribution in [1.82, 2.24) is 15.5 Å². The molecule has 3 amide bonds. The Hall–Kier alpha value is -1.83. The van der Waals surface area contributed by atoms with E-state index in [0.717, 1.165) is 0 Å². The summed E-state index contributed by atoms with van der Waals surface area (Å²) in [6.45, 7) is 2.02. The van der Waals surface area contributed by atoms with Crippen molar-refractivity contribution in [3.8, 4) is 0 Å². The number of carbonyl (C=O) groups is 3. The second-order valence-electron chi connectivity index (χ2n) is 3.56. The highest BCUT2D eigenvalue weighted by Crippen LogP contribution is 1.92. The fourth-order valence-corrected chi connectivity index (χ4v) is 1.13. The van der Waals surface area contributed by atoms with Crippen LogP contribution in [0.2, 0.25) is 0 Å². The zero-order chi connectivity index (χ0) is 14.1. The van der Waals surface area contributed by atoms with Crippen LogP contribution < -0.4 is 10.6 Å². The molecule has 0 aliphatic rings. The molecule has 8 nitrogen and oxygen atoms in total. The summed E-state index contributed by atoms with van der Waals surface area (Å²) >= 11 is 0. The zero-order valence-corrected chi connectivity index (χ0v) is 10.5. The molecule has 18 heavy (non-hydrogen) atoms. The molecule has 0 fully saturated rings. The van der Waals surface area contributed by atoms with Crippen LogP contribution in [0.25, 0.3) is 0 Å². The summed E-state index contributed by atoms with van der Waals surface area (Å²) in [6.07, 6.45) is -1.59. The smallest absolute Gasteiger partial charge is 0.332 e. The van der Waals surface area contributed by atoms with E-state index in [1.54, 1.807) is 6.92 Å². The molecular weight excluding hydrogens is 242 g/mol. The number of carbonyl (C=O) groups excluding carboxylic acids is 2. The molecule has 0 aliphatic heterocycles. The van der Waals surface area contributed by atoms with E-state index in [1.807, 2.05) is 0 Å². The number of likely N-dealkylation sites (N-methyl/N-ethyl adjacent to an activating group) is 2. The molecule has 0 spiro atoms. The van der Waals surface area contributed by atoms with Gasteiger partial charge in [-0.25, -0.2) is 9.59 Å². The van der Waals surface area contributed by atoms with Crippen molar-refractivity contribution >= 4 is 17.9 Å². The van der Waals surface area contributed by atoms with Gasteiger partial charge < -0.3 is 25.7 Å². The first-order chi connectivity index (χ1) is 8.42. The lowest BCUT2D eigenvalue weighted by Gasteiger charge is -2.20. The molecule has 0 saturated carbocycles. The number of rotatable bonds is 7. The Morgan fingerprint density at radius 1 is 1.33 bits per heavy atom. The molecule has 0 aliphatic carbocycles. The number of hydrogen-bond acceptors (Lipinski definition) is 4. The van der Waals surface area contributed by atoms with E-state index in [9.17, 15) is 14.4 Å². The Morgan fingerprint density at radius 3 is 2.39 bits per heavy atom. The van der Waals surface area contributed by atoms with Gasteiger partial charge in [-0.05, 0) is 6.92 Å². The molecule has 0 aromatic rings. The normalized spacial score (nSPS) is 11.5. The monoisotopic (exact) mass is 261 g/mol. The van der Waals surface area contributed by atoms with Crippen molar-refractivity contribution in [2.45, 2.75) is 19.4 Å². The van der Waals surface area contributed by atoms with Gasteiger partial charge >= 0.3 is 12.0 Å². The number of carboxylic acids is 1. The number of hydrogen-bond donors (Lipinski definition) is 4. The molecular formula is C10H19N3O5. The number of carboxylic acid groups (broad SMARTS) is 1. The van der Waals surface area contributed by atoms with Gasteiger partial charge in [-0.1, -0.05) is 0 Å². The van der Waals surface area contributed by atoms with Gasteiger partial charge in [0.1, 0.15) is 6.54 Å². The van der Waals surface area contributed by atoms with Crippen LogP contribution in [0.4, 0.5) is 4.79 Å². The highest BCUT2D eigenvalue weighted by Gasteiger charge is 2.16. The Balaban J connectivity index is 4.05. The molecule has 1 atom stereocenters. The van der Waals surface area contributed by atoms with Crippen LogP contribution in [0.1, 0.15) is 13.3 Å². The van der Waals surface area contributed by atoms with Crippen molar-refractivity contribution in [3.63, 3.8) is 0 Å². The van der Waals surface area contributed by atoms with Crippen LogP contribution in [0.15, 0.2) is 0 Å². The van der Waals surface area contributed by atoms with Gasteiger partial charge in [0.2, 0.25) is 5.91 Å². The fourth-order valence-electron chi connectivity index (χ4n) is 1.13. The fraction of sp³-hybridized carbons (Fsp3) is 0.700. The maximum atomic E-state index is 11.6. The molecule has 1 unspecified atom stereocenters. The highest BCUT2D eigenvalue weighted by molar-refractivity contribution is 5.83. The Kier molecular flexibility index (Phi) is 7.45. The van der Waals surface area contributed by atoms with E-state index in [-0.39, 0.29) is 25.4 Å². The first-order valence-electron chi connectivity index (χ1n) is 5.56. The van der Waals surface area contributed by atoms with Gasteiger partial charge in [-0.2, -0.15) is 0 Å². The summed E-state index contributed by atoms with van der Waals surface area (Å²) in [4.78, 5) is 34.3.